The van der Waals surface area contributed by atoms with Gasteiger partial charge in [0.05, 0.1) is 16.4 Å². The predicted octanol–water partition coefficient (Wildman–Crippen LogP) is 3.32. The van der Waals surface area contributed by atoms with Gasteiger partial charge >= 0.3 is 0 Å². The van der Waals surface area contributed by atoms with Gasteiger partial charge in [-0.25, -0.2) is 0 Å². The second kappa shape index (κ2) is 7.61. The maximum absolute atomic E-state index is 6.52. The van der Waals surface area contributed by atoms with E-state index >= 15 is 0 Å². The lowest BCUT2D eigenvalue weighted by Gasteiger charge is -2.32. The summed E-state index contributed by atoms with van der Waals surface area (Å²) in [5, 5.41) is 5.44. The molecule has 0 amide bonds. The highest BCUT2D eigenvalue weighted by molar-refractivity contribution is 6.31. The van der Waals surface area contributed by atoms with E-state index < -0.39 is 0 Å². The van der Waals surface area contributed by atoms with Gasteiger partial charge in [0.2, 0.25) is 0 Å². The van der Waals surface area contributed by atoms with Crippen molar-refractivity contribution in [2.75, 3.05) is 0 Å². The van der Waals surface area contributed by atoms with Gasteiger partial charge in [0, 0.05) is 19.0 Å². The van der Waals surface area contributed by atoms with Crippen molar-refractivity contribution in [2.24, 2.45) is 17.7 Å². The molecule has 4 nitrogen and oxygen atoms in total. The van der Waals surface area contributed by atoms with E-state index in [1.165, 1.54) is 25.7 Å². The van der Waals surface area contributed by atoms with Gasteiger partial charge < -0.3 is 0 Å². The standard InChI is InChI=1S/C16H29ClN4/c1-4-13-16(17)15(21(5-2)20-13)10-14(19-18)12-8-6-11(3)7-9-12/h11-12,14,19H,4-10,18H2,1-3H3. The van der Waals surface area contributed by atoms with Gasteiger partial charge in [0.15, 0.2) is 0 Å². The summed E-state index contributed by atoms with van der Waals surface area (Å²) < 4.78 is 2.04. The minimum Gasteiger partial charge on any atom is -0.271 e. The number of halogens is 1. The summed E-state index contributed by atoms with van der Waals surface area (Å²) in [5.74, 6) is 7.35. The number of nitrogens with one attached hydrogen (secondary N) is 1. The fourth-order valence-electron chi connectivity index (χ4n) is 3.47. The highest BCUT2D eigenvalue weighted by Gasteiger charge is 2.27. The molecule has 0 aliphatic heterocycles. The van der Waals surface area contributed by atoms with E-state index in [9.17, 15) is 0 Å². The lowest BCUT2D eigenvalue weighted by molar-refractivity contribution is 0.227. The van der Waals surface area contributed by atoms with Crippen LogP contribution in [0.2, 0.25) is 5.02 Å². The molecular formula is C16H29ClN4. The van der Waals surface area contributed by atoms with Crippen LogP contribution in [0, 0.1) is 11.8 Å². The van der Waals surface area contributed by atoms with Crippen molar-refractivity contribution in [1.29, 1.82) is 0 Å². The molecule has 21 heavy (non-hydrogen) atoms. The van der Waals surface area contributed by atoms with Crippen molar-refractivity contribution in [3.8, 4) is 0 Å². The molecule has 1 saturated carbocycles. The Morgan fingerprint density at radius 2 is 2.00 bits per heavy atom. The van der Waals surface area contributed by atoms with Gasteiger partial charge in [0.25, 0.3) is 0 Å². The molecule has 2 rings (SSSR count). The number of hydrazine groups is 1. The van der Waals surface area contributed by atoms with Crippen LogP contribution in [0.5, 0.6) is 0 Å². The van der Waals surface area contributed by atoms with Gasteiger partial charge in [-0.15, -0.1) is 0 Å². The molecular weight excluding hydrogens is 284 g/mol. The lowest BCUT2D eigenvalue weighted by Crippen LogP contribution is -2.44. The molecule has 1 aliphatic carbocycles. The average molecular weight is 313 g/mol. The molecule has 0 radical (unpaired) electrons. The molecule has 5 heteroatoms. The van der Waals surface area contributed by atoms with E-state index in [2.05, 4.69) is 31.3 Å². The minimum absolute atomic E-state index is 0.293. The van der Waals surface area contributed by atoms with Crippen LogP contribution in [0.3, 0.4) is 0 Å². The Balaban J connectivity index is 2.13. The Bertz CT molecular complexity index is 449. The van der Waals surface area contributed by atoms with Crippen LogP contribution in [-0.4, -0.2) is 15.8 Å². The number of rotatable bonds is 6. The number of nitrogens with zero attached hydrogens (tertiary/aromatic N) is 2. The molecule has 1 aromatic rings. The average Bonchev–Trinajstić information content (AvgIpc) is 2.81. The summed E-state index contributed by atoms with van der Waals surface area (Å²) in [6, 6.07) is 0.293. The summed E-state index contributed by atoms with van der Waals surface area (Å²) in [6.45, 7) is 7.41. The van der Waals surface area contributed by atoms with Gasteiger partial charge in [-0.1, -0.05) is 38.3 Å². The lowest BCUT2D eigenvalue weighted by atomic mass is 9.78. The van der Waals surface area contributed by atoms with Crippen LogP contribution in [0.1, 0.15) is 57.8 Å². The number of hydrogen-bond donors (Lipinski definition) is 2. The first-order valence-corrected chi connectivity index (χ1v) is 8.68. The number of aromatic nitrogens is 2. The van der Waals surface area contributed by atoms with Gasteiger partial charge in [-0.3, -0.25) is 16.0 Å². The van der Waals surface area contributed by atoms with Crippen LogP contribution >= 0.6 is 11.6 Å². The van der Waals surface area contributed by atoms with Crippen molar-refractivity contribution in [2.45, 2.75) is 71.9 Å². The molecule has 3 N–H and O–H groups in total. The van der Waals surface area contributed by atoms with E-state index in [1.807, 2.05) is 4.68 Å². The molecule has 1 aliphatic rings. The Kier molecular flexibility index (Phi) is 6.08. The molecule has 1 atom stereocenters. The molecule has 0 saturated heterocycles. The monoisotopic (exact) mass is 312 g/mol. The van der Waals surface area contributed by atoms with E-state index in [-0.39, 0.29) is 0 Å². The van der Waals surface area contributed by atoms with Crippen molar-refractivity contribution >= 4 is 11.6 Å². The van der Waals surface area contributed by atoms with Crippen molar-refractivity contribution in [1.82, 2.24) is 15.2 Å². The first-order chi connectivity index (χ1) is 10.1. The quantitative estimate of drug-likeness (QED) is 0.626. The molecule has 0 spiro atoms. The first-order valence-electron chi connectivity index (χ1n) is 8.30. The maximum Gasteiger partial charge on any atom is 0.0850 e. The van der Waals surface area contributed by atoms with E-state index in [0.717, 1.165) is 41.7 Å². The second-order valence-electron chi connectivity index (χ2n) is 6.37. The summed E-state index contributed by atoms with van der Waals surface area (Å²) in [7, 11) is 0. The SMILES string of the molecule is CCc1nn(CC)c(CC(NN)C2CCC(C)CC2)c1Cl. The smallest absolute Gasteiger partial charge is 0.0850 e. The molecule has 120 valence electrons. The Labute approximate surface area is 133 Å². The zero-order valence-corrected chi connectivity index (χ0v) is 14.3. The third-order valence-electron chi connectivity index (χ3n) is 4.95. The maximum atomic E-state index is 6.52. The highest BCUT2D eigenvalue weighted by atomic mass is 35.5. The van der Waals surface area contributed by atoms with Crippen LogP contribution in [0.25, 0.3) is 0 Å². The third-order valence-corrected chi connectivity index (χ3v) is 5.39. The molecule has 0 bridgehead atoms. The fraction of sp³-hybridized carbons (Fsp3) is 0.812. The fourth-order valence-corrected chi connectivity index (χ4v) is 3.82. The molecule has 1 aromatic heterocycles. The zero-order valence-electron chi connectivity index (χ0n) is 13.5. The molecule has 1 heterocycles. The van der Waals surface area contributed by atoms with E-state index in [1.54, 1.807) is 0 Å². The van der Waals surface area contributed by atoms with Crippen LogP contribution in [-0.2, 0) is 19.4 Å². The van der Waals surface area contributed by atoms with E-state index in [4.69, 9.17) is 17.4 Å². The van der Waals surface area contributed by atoms with Crippen LogP contribution in [0.4, 0.5) is 0 Å². The van der Waals surface area contributed by atoms with Crippen LogP contribution in [0.15, 0.2) is 0 Å². The highest BCUT2D eigenvalue weighted by Crippen LogP contribution is 2.32. The van der Waals surface area contributed by atoms with Crippen molar-refractivity contribution in [3.63, 3.8) is 0 Å². The van der Waals surface area contributed by atoms with Crippen molar-refractivity contribution < 1.29 is 0 Å². The number of hydrogen-bond acceptors (Lipinski definition) is 3. The van der Waals surface area contributed by atoms with Crippen molar-refractivity contribution in [3.05, 3.63) is 16.4 Å². The molecule has 1 fully saturated rings. The minimum atomic E-state index is 0.293. The summed E-state index contributed by atoms with van der Waals surface area (Å²) >= 11 is 6.52. The normalized spacial score (nSPS) is 24.2. The zero-order chi connectivity index (χ0) is 15.4. The first kappa shape index (κ1) is 16.8. The Hall–Kier alpha value is -0.580. The topological polar surface area (TPSA) is 55.9 Å². The largest absolute Gasteiger partial charge is 0.271 e. The summed E-state index contributed by atoms with van der Waals surface area (Å²) in [5.41, 5.74) is 5.18. The molecule has 0 aromatic carbocycles. The number of aryl methyl sites for hydroxylation is 2. The molecule has 1 unspecified atom stereocenters. The van der Waals surface area contributed by atoms with Crippen LogP contribution < -0.4 is 11.3 Å². The predicted molar refractivity (Wildman–Crippen MR) is 88.2 cm³/mol. The van der Waals surface area contributed by atoms with Gasteiger partial charge in [-0.05, 0) is 38.0 Å². The van der Waals surface area contributed by atoms with E-state index in [0.29, 0.717) is 12.0 Å². The van der Waals surface area contributed by atoms with Gasteiger partial charge in [0.1, 0.15) is 0 Å². The summed E-state index contributed by atoms with van der Waals surface area (Å²) in [4.78, 5) is 0. The third kappa shape index (κ3) is 3.79. The van der Waals surface area contributed by atoms with Gasteiger partial charge in [-0.2, -0.15) is 5.10 Å². The number of nitrogens with two attached hydrogens (primary N) is 1. The second-order valence-corrected chi connectivity index (χ2v) is 6.75. The summed E-state index contributed by atoms with van der Waals surface area (Å²) in [6.07, 6.45) is 6.88. The Morgan fingerprint density at radius 3 is 2.52 bits per heavy atom. The Morgan fingerprint density at radius 1 is 1.33 bits per heavy atom.